The van der Waals surface area contributed by atoms with E-state index in [4.69, 9.17) is 0 Å². The fraction of sp³-hybridized carbons (Fsp3) is 0.889. The van der Waals surface area contributed by atoms with Gasteiger partial charge in [0.05, 0.1) is 12.3 Å². The van der Waals surface area contributed by atoms with Crippen LogP contribution in [0.15, 0.2) is 4.99 Å². The molecule has 15 heavy (non-hydrogen) atoms. The fourth-order valence-electron chi connectivity index (χ4n) is 0.950. The van der Waals surface area contributed by atoms with Crippen LogP contribution >= 0.6 is 0 Å². The summed E-state index contributed by atoms with van der Waals surface area (Å²) in [4.78, 5) is 4.15. The third kappa shape index (κ3) is 7.18. The number of rotatable bonds is 6. The van der Waals surface area contributed by atoms with Gasteiger partial charge in [-0.25, -0.2) is 8.42 Å². The average molecular weight is 235 g/mol. The second kappa shape index (κ2) is 7.50. The predicted molar refractivity (Wildman–Crippen MR) is 64.0 cm³/mol. The summed E-state index contributed by atoms with van der Waals surface area (Å²) in [6.45, 7) is 7.43. The normalized spacial score (nSPS) is 10.9. The highest BCUT2D eigenvalue weighted by Gasteiger charge is 2.05. The zero-order valence-electron chi connectivity index (χ0n) is 9.71. The van der Waals surface area contributed by atoms with Crippen molar-refractivity contribution in [2.45, 2.75) is 20.8 Å². The maximum atomic E-state index is 11.2. The van der Waals surface area contributed by atoms with Crippen LogP contribution in [-0.4, -0.2) is 45.5 Å². The standard InChI is InChI=1S/C9H21N3O2S/c1-4-10-9(11-5-2)12-7-8-15(13,14)6-3/h4-8H2,1-3H3,(H2,10,11,12). The van der Waals surface area contributed by atoms with E-state index in [1.54, 1.807) is 6.92 Å². The van der Waals surface area contributed by atoms with Gasteiger partial charge in [-0.3, -0.25) is 4.99 Å². The Balaban J connectivity index is 4.10. The van der Waals surface area contributed by atoms with Crippen LogP contribution in [-0.2, 0) is 9.84 Å². The first kappa shape index (κ1) is 14.2. The topological polar surface area (TPSA) is 70.6 Å². The van der Waals surface area contributed by atoms with Crippen molar-refractivity contribution in [3.63, 3.8) is 0 Å². The summed E-state index contributed by atoms with van der Waals surface area (Å²) in [7, 11) is -2.91. The van der Waals surface area contributed by atoms with Crippen LogP contribution < -0.4 is 10.6 Å². The van der Waals surface area contributed by atoms with Crippen molar-refractivity contribution in [1.29, 1.82) is 0 Å². The van der Waals surface area contributed by atoms with Gasteiger partial charge in [0.25, 0.3) is 0 Å². The van der Waals surface area contributed by atoms with Gasteiger partial charge in [0.2, 0.25) is 0 Å². The SMILES string of the molecule is CCNC(=NCCS(=O)(=O)CC)NCC. The Morgan fingerprint density at radius 3 is 2.07 bits per heavy atom. The molecule has 6 heteroatoms. The molecular formula is C9H21N3O2S. The summed E-state index contributed by atoms with van der Waals surface area (Å²) < 4.78 is 22.4. The second-order valence-corrected chi connectivity index (χ2v) is 5.50. The van der Waals surface area contributed by atoms with Gasteiger partial charge < -0.3 is 10.6 Å². The lowest BCUT2D eigenvalue weighted by molar-refractivity contribution is 0.597. The van der Waals surface area contributed by atoms with Gasteiger partial charge in [-0.1, -0.05) is 6.92 Å². The van der Waals surface area contributed by atoms with Gasteiger partial charge in [-0.15, -0.1) is 0 Å². The van der Waals surface area contributed by atoms with Crippen molar-refractivity contribution in [1.82, 2.24) is 10.6 Å². The molecule has 0 saturated heterocycles. The van der Waals surface area contributed by atoms with Gasteiger partial charge in [0.15, 0.2) is 15.8 Å². The third-order valence-electron chi connectivity index (χ3n) is 1.80. The molecule has 0 spiro atoms. The summed E-state index contributed by atoms with van der Waals surface area (Å²) in [6, 6.07) is 0. The predicted octanol–water partition coefficient (Wildman–Crippen LogP) is -0.00390. The van der Waals surface area contributed by atoms with E-state index >= 15 is 0 Å². The largest absolute Gasteiger partial charge is 0.357 e. The number of hydrogen-bond donors (Lipinski definition) is 2. The van der Waals surface area contributed by atoms with Crippen molar-refractivity contribution in [3.05, 3.63) is 0 Å². The van der Waals surface area contributed by atoms with Crippen molar-refractivity contribution in [2.75, 3.05) is 31.1 Å². The molecule has 0 aromatic rings. The molecule has 0 rings (SSSR count). The lowest BCUT2D eigenvalue weighted by atomic mass is 10.6. The Kier molecular flexibility index (Phi) is 7.11. The van der Waals surface area contributed by atoms with Crippen LogP contribution in [0, 0.1) is 0 Å². The highest BCUT2D eigenvalue weighted by Crippen LogP contribution is 1.89. The first-order chi connectivity index (χ1) is 7.05. The lowest BCUT2D eigenvalue weighted by Crippen LogP contribution is -2.37. The molecule has 0 aliphatic rings. The Hall–Kier alpha value is -0.780. The van der Waals surface area contributed by atoms with E-state index in [1.807, 2.05) is 13.8 Å². The minimum absolute atomic E-state index is 0.115. The van der Waals surface area contributed by atoms with Crippen molar-refractivity contribution < 1.29 is 8.42 Å². The molecule has 2 N–H and O–H groups in total. The number of guanidine groups is 1. The van der Waals surface area contributed by atoms with Crippen LogP contribution in [0.3, 0.4) is 0 Å². The zero-order chi connectivity index (χ0) is 11.7. The molecule has 0 aliphatic heterocycles. The average Bonchev–Trinajstić information content (AvgIpc) is 2.18. The molecule has 0 aliphatic carbocycles. The van der Waals surface area contributed by atoms with Crippen molar-refractivity contribution >= 4 is 15.8 Å². The Morgan fingerprint density at radius 1 is 1.13 bits per heavy atom. The van der Waals surface area contributed by atoms with Gasteiger partial charge in [0.1, 0.15) is 0 Å². The molecule has 0 aromatic carbocycles. The van der Waals surface area contributed by atoms with Crippen molar-refractivity contribution in [3.8, 4) is 0 Å². The maximum Gasteiger partial charge on any atom is 0.191 e. The molecule has 0 radical (unpaired) electrons. The third-order valence-corrected chi connectivity index (χ3v) is 3.48. The number of nitrogens with one attached hydrogen (secondary N) is 2. The number of sulfone groups is 1. The molecular weight excluding hydrogens is 214 g/mol. The van der Waals surface area contributed by atoms with E-state index < -0.39 is 9.84 Å². The number of hydrogen-bond acceptors (Lipinski definition) is 3. The van der Waals surface area contributed by atoms with E-state index in [0.29, 0.717) is 12.5 Å². The van der Waals surface area contributed by atoms with E-state index in [2.05, 4.69) is 15.6 Å². The van der Waals surface area contributed by atoms with Crippen LogP contribution in [0.1, 0.15) is 20.8 Å². The molecule has 0 atom stereocenters. The maximum absolute atomic E-state index is 11.2. The number of nitrogens with zero attached hydrogens (tertiary/aromatic N) is 1. The van der Waals surface area contributed by atoms with E-state index in [9.17, 15) is 8.42 Å². The zero-order valence-corrected chi connectivity index (χ0v) is 10.5. The summed E-state index contributed by atoms with van der Waals surface area (Å²) in [5.74, 6) is 0.968. The Bertz CT molecular complexity index is 278. The fourth-order valence-corrected chi connectivity index (χ4v) is 1.61. The monoisotopic (exact) mass is 235 g/mol. The van der Waals surface area contributed by atoms with E-state index in [-0.39, 0.29) is 11.5 Å². The second-order valence-electron chi connectivity index (χ2n) is 3.03. The quantitative estimate of drug-likeness (QED) is 0.502. The molecule has 0 aromatic heterocycles. The Labute approximate surface area is 92.3 Å². The molecule has 0 fully saturated rings. The molecule has 0 bridgehead atoms. The highest BCUT2D eigenvalue weighted by molar-refractivity contribution is 7.91. The summed E-state index contributed by atoms with van der Waals surface area (Å²) in [5.41, 5.74) is 0. The Morgan fingerprint density at radius 2 is 1.67 bits per heavy atom. The van der Waals surface area contributed by atoms with Gasteiger partial charge in [0, 0.05) is 18.8 Å². The molecule has 0 saturated carbocycles. The molecule has 5 nitrogen and oxygen atoms in total. The van der Waals surface area contributed by atoms with Gasteiger partial charge in [-0.2, -0.15) is 0 Å². The minimum atomic E-state index is -2.91. The first-order valence-electron chi connectivity index (χ1n) is 5.28. The van der Waals surface area contributed by atoms with Crippen LogP contribution in [0.4, 0.5) is 0 Å². The van der Waals surface area contributed by atoms with Crippen LogP contribution in [0.5, 0.6) is 0 Å². The summed E-state index contributed by atoms with van der Waals surface area (Å²) >= 11 is 0. The van der Waals surface area contributed by atoms with Crippen LogP contribution in [0.2, 0.25) is 0 Å². The molecule has 0 unspecified atom stereocenters. The number of aliphatic imine (C=N–C) groups is 1. The van der Waals surface area contributed by atoms with E-state index in [0.717, 1.165) is 13.1 Å². The van der Waals surface area contributed by atoms with E-state index in [1.165, 1.54) is 0 Å². The molecule has 90 valence electrons. The minimum Gasteiger partial charge on any atom is -0.357 e. The van der Waals surface area contributed by atoms with Gasteiger partial charge >= 0.3 is 0 Å². The molecule has 0 amide bonds. The smallest absolute Gasteiger partial charge is 0.191 e. The summed E-state index contributed by atoms with van der Waals surface area (Å²) in [6.07, 6.45) is 0. The molecule has 0 heterocycles. The highest BCUT2D eigenvalue weighted by atomic mass is 32.2. The first-order valence-corrected chi connectivity index (χ1v) is 7.10. The summed E-state index contributed by atoms with van der Waals surface area (Å²) in [5, 5.41) is 6.06. The lowest BCUT2D eigenvalue weighted by Gasteiger charge is -2.08. The van der Waals surface area contributed by atoms with Crippen molar-refractivity contribution in [2.24, 2.45) is 4.99 Å². The van der Waals surface area contributed by atoms with Crippen LogP contribution in [0.25, 0.3) is 0 Å². The van der Waals surface area contributed by atoms with Gasteiger partial charge in [-0.05, 0) is 13.8 Å².